The summed E-state index contributed by atoms with van der Waals surface area (Å²) in [5, 5.41) is 0. The molecule has 5 heteroatoms. The molecule has 0 saturated carbocycles. The van der Waals surface area contributed by atoms with Gasteiger partial charge in [0.05, 0.1) is 0 Å². The Morgan fingerprint density at radius 3 is 2.10 bits per heavy atom. The van der Waals surface area contributed by atoms with Crippen molar-refractivity contribution in [3.8, 4) is 5.75 Å². The first kappa shape index (κ1) is 21.1. The standard InChI is InChI=1S/C25H25NO4/c1-2-17-25(24(26)28,20-13-7-4-8-14-20)30-22-16-10-9-15-21(22)23(27)29-18-19-11-5-3-6-12-19/h3-16H,2,17-18H2,1H3,(H2,26,28). The van der Waals surface area contributed by atoms with E-state index in [0.29, 0.717) is 18.4 Å². The number of hydrogen-bond donors (Lipinski definition) is 1. The second kappa shape index (κ2) is 9.74. The molecule has 3 rings (SSSR count). The van der Waals surface area contributed by atoms with E-state index >= 15 is 0 Å². The summed E-state index contributed by atoms with van der Waals surface area (Å²) < 4.78 is 11.7. The number of carbonyl (C=O) groups is 2. The van der Waals surface area contributed by atoms with Crippen LogP contribution in [0.1, 0.15) is 41.3 Å². The number of ether oxygens (including phenoxy) is 2. The van der Waals surface area contributed by atoms with Crippen LogP contribution in [0, 0.1) is 0 Å². The highest BCUT2D eigenvalue weighted by Crippen LogP contribution is 2.34. The van der Waals surface area contributed by atoms with Crippen LogP contribution in [-0.2, 0) is 21.7 Å². The van der Waals surface area contributed by atoms with Crippen molar-refractivity contribution in [2.75, 3.05) is 0 Å². The van der Waals surface area contributed by atoms with Crippen molar-refractivity contribution >= 4 is 11.9 Å². The van der Waals surface area contributed by atoms with Crippen LogP contribution >= 0.6 is 0 Å². The maximum absolute atomic E-state index is 12.8. The Balaban J connectivity index is 1.91. The molecule has 2 N–H and O–H groups in total. The van der Waals surface area contributed by atoms with Crippen molar-refractivity contribution in [2.24, 2.45) is 5.73 Å². The van der Waals surface area contributed by atoms with Crippen LogP contribution in [0.15, 0.2) is 84.9 Å². The summed E-state index contributed by atoms with van der Waals surface area (Å²) in [4.78, 5) is 25.4. The highest BCUT2D eigenvalue weighted by Gasteiger charge is 2.41. The normalized spacial score (nSPS) is 12.6. The van der Waals surface area contributed by atoms with Gasteiger partial charge in [0.1, 0.15) is 17.9 Å². The molecular weight excluding hydrogens is 378 g/mol. The van der Waals surface area contributed by atoms with Crippen molar-refractivity contribution < 1.29 is 19.1 Å². The third-order valence-corrected chi connectivity index (χ3v) is 4.84. The Bertz CT molecular complexity index is 988. The second-order valence-corrected chi connectivity index (χ2v) is 6.97. The first-order valence-corrected chi connectivity index (χ1v) is 9.91. The highest BCUT2D eigenvalue weighted by molar-refractivity contribution is 5.93. The Labute approximate surface area is 176 Å². The molecule has 30 heavy (non-hydrogen) atoms. The molecule has 1 amide bonds. The van der Waals surface area contributed by atoms with Gasteiger partial charge in [-0.2, -0.15) is 0 Å². The van der Waals surface area contributed by atoms with E-state index in [-0.39, 0.29) is 17.9 Å². The molecule has 0 saturated heterocycles. The van der Waals surface area contributed by atoms with Crippen LogP contribution < -0.4 is 10.5 Å². The van der Waals surface area contributed by atoms with Crippen LogP contribution in [-0.4, -0.2) is 11.9 Å². The van der Waals surface area contributed by atoms with E-state index in [1.165, 1.54) is 0 Å². The molecule has 0 fully saturated rings. The molecule has 0 radical (unpaired) electrons. The van der Waals surface area contributed by atoms with Crippen LogP contribution in [0.25, 0.3) is 0 Å². The van der Waals surface area contributed by atoms with E-state index in [4.69, 9.17) is 15.2 Å². The number of benzene rings is 3. The number of rotatable bonds is 9. The minimum Gasteiger partial charge on any atom is -0.472 e. The second-order valence-electron chi connectivity index (χ2n) is 6.97. The lowest BCUT2D eigenvalue weighted by molar-refractivity contribution is -0.135. The maximum atomic E-state index is 12.8. The third-order valence-electron chi connectivity index (χ3n) is 4.84. The van der Waals surface area contributed by atoms with Gasteiger partial charge in [-0.25, -0.2) is 4.79 Å². The molecule has 3 aromatic rings. The van der Waals surface area contributed by atoms with Crippen LogP contribution in [0.2, 0.25) is 0 Å². The van der Waals surface area contributed by atoms with Gasteiger partial charge >= 0.3 is 5.97 Å². The molecule has 5 nitrogen and oxygen atoms in total. The van der Waals surface area contributed by atoms with Crippen LogP contribution in [0.3, 0.4) is 0 Å². The number of esters is 1. The zero-order chi connectivity index (χ0) is 21.4. The number of carbonyl (C=O) groups excluding carboxylic acids is 2. The summed E-state index contributed by atoms with van der Waals surface area (Å²) >= 11 is 0. The SMILES string of the molecule is CCCC(Oc1ccccc1C(=O)OCc1ccccc1)(C(N)=O)c1ccccc1. The number of hydrogen-bond acceptors (Lipinski definition) is 4. The fourth-order valence-corrected chi connectivity index (χ4v) is 3.34. The summed E-state index contributed by atoms with van der Waals surface area (Å²) in [5.74, 6) is -0.882. The molecule has 1 atom stereocenters. The number of amides is 1. The highest BCUT2D eigenvalue weighted by atomic mass is 16.5. The fraction of sp³-hybridized carbons (Fsp3) is 0.200. The van der Waals surface area contributed by atoms with Crippen LogP contribution in [0.4, 0.5) is 0 Å². The zero-order valence-corrected chi connectivity index (χ0v) is 16.9. The Kier molecular flexibility index (Phi) is 6.86. The van der Waals surface area contributed by atoms with Gasteiger partial charge in [0.25, 0.3) is 5.91 Å². The summed E-state index contributed by atoms with van der Waals surface area (Å²) in [6, 6.07) is 25.3. The van der Waals surface area contributed by atoms with E-state index in [9.17, 15) is 9.59 Å². The van der Waals surface area contributed by atoms with Crippen molar-refractivity contribution in [3.05, 3.63) is 102 Å². The lowest BCUT2D eigenvalue weighted by atomic mass is 9.88. The Morgan fingerprint density at radius 1 is 0.867 bits per heavy atom. The van der Waals surface area contributed by atoms with E-state index in [0.717, 1.165) is 5.56 Å². The number of para-hydroxylation sites is 1. The van der Waals surface area contributed by atoms with Gasteiger partial charge in [-0.15, -0.1) is 0 Å². The van der Waals surface area contributed by atoms with Gasteiger partial charge in [-0.1, -0.05) is 86.1 Å². The Morgan fingerprint density at radius 2 is 1.47 bits per heavy atom. The van der Waals surface area contributed by atoms with Gasteiger partial charge in [0.2, 0.25) is 5.60 Å². The predicted octanol–water partition coefficient (Wildman–Crippen LogP) is 4.60. The largest absolute Gasteiger partial charge is 0.472 e. The van der Waals surface area contributed by atoms with Crippen molar-refractivity contribution in [1.82, 2.24) is 0 Å². The lowest BCUT2D eigenvalue weighted by Gasteiger charge is -2.32. The molecular formula is C25H25NO4. The van der Waals surface area contributed by atoms with Crippen molar-refractivity contribution in [3.63, 3.8) is 0 Å². The van der Waals surface area contributed by atoms with Gasteiger partial charge in [-0.3, -0.25) is 4.79 Å². The minimum atomic E-state index is -1.38. The molecule has 1 unspecified atom stereocenters. The molecule has 0 bridgehead atoms. The summed E-state index contributed by atoms with van der Waals surface area (Å²) in [7, 11) is 0. The molecule has 0 heterocycles. The summed E-state index contributed by atoms with van der Waals surface area (Å²) in [6.45, 7) is 2.09. The molecule has 3 aromatic carbocycles. The van der Waals surface area contributed by atoms with E-state index in [1.807, 2.05) is 55.5 Å². The first-order chi connectivity index (χ1) is 14.6. The fourth-order valence-electron chi connectivity index (χ4n) is 3.34. The zero-order valence-electron chi connectivity index (χ0n) is 16.9. The monoisotopic (exact) mass is 403 g/mol. The minimum absolute atomic E-state index is 0.141. The van der Waals surface area contributed by atoms with Gasteiger partial charge in [-0.05, 0) is 17.7 Å². The first-order valence-electron chi connectivity index (χ1n) is 9.91. The number of nitrogens with two attached hydrogens (primary N) is 1. The summed E-state index contributed by atoms with van der Waals surface area (Å²) in [6.07, 6.45) is 1.04. The number of primary amides is 1. The maximum Gasteiger partial charge on any atom is 0.342 e. The molecule has 0 spiro atoms. The average molecular weight is 403 g/mol. The van der Waals surface area contributed by atoms with Crippen molar-refractivity contribution in [2.45, 2.75) is 32.0 Å². The quantitative estimate of drug-likeness (QED) is 0.530. The molecule has 0 aliphatic heterocycles. The molecule has 154 valence electrons. The van der Waals surface area contributed by atoms with Crippen LogP contribution in [0.5, 0.6) is 5.75 Å². The van der Waals surface area contributed by atoms with E-state index in [2.05, 4.69) is 0 Å². The molecule has 0 aliphatic rings. The van der Waals surface area contributed by atoms with Gasteiger partial charge < -0.3 is 15.2 Å². The average Bonchev–Trinajstić information content (AvgIpc) is 2.78. The lowest BCUT2D eigenvalue weighted by Crippen LogP contribution is -2.46. The molecule has 0 aliphatic carbocycles. The van der Waals surface area contributed by atoms with E-state index in [1.54, 1.807) is 36.4 Å². The Hall–Kier alpha value is -3.60. The third kappa shape index (κ3) is 4.69. The van der Waals surface area contributed by atoms with E-state index < -0.39 is 17.5 Å². The summed E-state index contributed by atoms with van der Waals surface area (Å²) in [5.41, 5.74) is 6.20. The topological polar surface area (TPSA) is 78.6 Å². The van der Waals surface area contributed by atoms with Gasteiger partial charge in [0.15, 0.2) is 0 Å². The van der Waals surface area contributed by atoms with Crippen molar-refractivity contribution in [1.29, 1.82) is 0 Å². The predicted molar refractivity (Wildman–Crippen MR) is 115 cm³/mol. The molecule has 0 aromatic heterocycles. The van der Waals surface area contributed by atoms with Gasteiger partial charge in [0, 0.05) is 12.0 Å². The smallest absolute Gasteiger partial charge is 0.342 e.